The lowest BCUT2D eigenvalue weighted by Crippen LogP contribution is -2.39. The van der Waals surface area contributed by atoms with Crippen LogP contribution >= 0.6 is 0 Å². The smallest absolute Gasteiger partial charge is 0.00955 e. The van der Waals surface area contributed by atoms with Crippen LogP contribution in [0.5, 0.6) is 0 Å². The number of nitrogens with two attached hydrogens (primary N) is 1. The summed E-state index contributed by atoms with van der Waals surface area (Å²) in [6, 6.07) is 11.6. The van der Waals surface area contributed by atoms with Crippen LogP contribution in [0.4, 0.5) is 0 Å². The Morgan fingerprint density at radius 3 is 2.38 bits per heavy atom. The summed E-state index contributed by atoms with van der Waals surface area (Å²) in [5, 5.41) is 0. The Morgan fingerprint density at radius 1 is 1.14 bits per heavy atom. The van der Waals surface area contributed by atoms with Crippen molar-refractivity contribution in [3.8, 4) is 0 Å². The summed E-state index contributed by atoms with van der Waals surface area (Å²) in [6.07, 6.45) is 6.86. The quantitative estimate of drug-likeness (QED) is 0.783. The van der Waals surface area contributed by atoms with Gasteiger partial charge in [-0.1, -0.05) is 57.0 Å². The van der Waals surface area contributed by atoms with Crippen molar-refractivity contribution in [3.63, 3.8) is 0 Å². The molecule has 0 spiro atoms. The van der Waals surface area contributed by atoms with Gasteiger partial charge in [-0.05, 0) is 37.3 Å². The second-order valence-corrected chi connectivity index (χ2v) is 6.96. The van der Waals surface area contributed by atoms with Gasteiger partial charge in [0, 0.05) is 25.0 Å². The van der Waals surface area contributed by atoms with Crippen LogP contribution in [0.2, 0.25) is 0 Å². The van der Waals surface area contributed by atoms with Crippen molar-refractivity contribution in [1.82, 2.24) is 4.90 Å². The molecule has 2 heteroatoms. The molecule has 2 rings (SSSR count). The molecule has 21 heavy (non-hydrogen) atoms. The highest BCUT2D eigenvalue weighted by molar-refractivity contribution is 5.20. The topological polar surface area (TPSA) is 29.3 Å². The van der Waals surface area contributed by atoms with Crippen LogP contribution in [0.25, 0.3) is 0 Å². The van der Waals surface area contributed by atoms with E-state index in [0.717, 1.165) is 25.0 Å². The van der Waals surface area contributed by atoms with Crippen LogP contribution in [0, 0.1) is 5.92 Å². The van der Waals surface area contributed by atoms with Gasteiger partial charge in [-0.15, -0.1) is 0 Å². The summed E-state index contributed by atoms with van der Waals surface area (Å²) < 4.78 is 0. The molecule has 1 aliphatic rings. The van der Waals surface area contributed by atoms with Crippen molar-refractivity contribution in [2.24, 2.45) is 11.7 Å². The Morgan fingerprint density at radius 2 is 1.81 bits per heavy atom. The molecule has 0 heterocycles. The average Bonchev–Trinajstić information content (AvgIpc) is 3.02. The standard InChI is InChI=1S/C19H32N2/c1-16(2)12-13-21(19-10-6-7-11-19)15-18(14-20)17-8-4-3-5-9-17/h3-5,8-9,16,18-19H,6-7,10-15,20H2,1-2H3. The van der Waals surface area contributed by atoms with E-state index in [1.807, 2.05) is 0 Å². The minimum Gasteiger partial charge on any atom is -0.330 e. The first kappa shape index (κ1) is 16.5. The third kappa shape index (κ3) is 5.12. The molecule has 118 valence electrons. The van der Waals surface area contributed by atoms with Gasteiger partial charge < -0.3 is 5.73 Å². The summed E-state index contributed by atoms with van der Waals surface area (Å²) in [5.74, 6) is 1.25. The van der Waals surface area contributed by atoms with Crippen LogP contribution in [-0.4, -0.2) is 30.6 Å². The third-order valence-electron chi connectivity index (χ3n) is 4.85. The maximum Gasteiger partial charge on any atom is 0.00955 e. The SMILES string of the molecule is CC(C)CCN(CC(CN)c1ccccc1)C1CCCC1. The highest BCUT2D eigenvalue weighted by atomic mass is 15.2. The monoisotopic (exact) mass is 288 g/mol. The molecule has 1 aromatic rings. The molecule has 2 N–H and O–H groups in total. The van der Waals surface area contributed by atoms with Crippen LogP contribution < -0.4 is 5.73 Å². The molecule has 1 fully saturated rings. The van der Waals surface area contributed by atoms with E-state index in [9.17, 15) is 0 Å². The Hall–Kier alpha value is -0.860. The zero-order valence-corrected chi connectivity index (χ0v) is 13.8. The van der Waals surface area contributed by atoms with Crippen LogP contribution in [0.15, 0.2) is 30.3 Å². The average molecular weight is 288 g/mol. The van der Waals surface area contributed by atoms with Crippen LogP contribution in [-0.2, 0) is 0 Å². The Bertz CT molecular complexity index is 382. The zero-order chi connectivity index (χ0) is 15.1. The number of nitrogens with zero attached hydrogens (tertiary/aromatic N) is 1. The molecule has 0 saturated heterocycles. The van der Waals surface area contributed by atoms with E-state index < -0.39 is 0 Å². The van der Waals surface area contributed by atoms with Gasteiger partial charge in [-0.25, -0.2) is 0 Å². The van der Waals surface area contributed by atoms with E-state index in [1.54, 1.807) is 0 Å². The fourth-order valence-electron chi connectivity index (χ4n) is 3.44. The first-order valence-electron chi connectivity index (χ1n) is 8.69. The van der Waals surface area contributed by atoms with Gasteiger partial charge in [0.2, 0.25) is 0 Å². The number of benzene rings is 1. The molecule has 0 aliphatic heterocycles. The number of rotatable bonds is 8. The molecule has 0 bridgehead atoms. The van der Waals surface area contributed by atoms with E-state index in [-0.39, 0.29) is 0 Å². The van der Waals surface area contributed by atoms with Crippen molar-refractivity contribution >= 4 is 0 Å². The number of hydrogen-bond acceptors (Lipinski definition) is 2. The van der Waals surface area contributed by atoms with E-state index in [1.165, 1.54) is 44.2 Å². The van der Waals surface area contributed by atoms with Gasteiger partial charge in [-0.2, -0.15) is 0 Å². The Labute approximate surface area is 130 Å². The summed E-state index contributed by atoms with van der Waals surface area (Å²) in [7, 11) is 0. The van der Waals surface area contributed by atoms with Gasteiger partial charge in [0.1, 0.15) is 0 Å². The second-order valence-electron chi connectivity index (χ2n) is 6.96. The summed E-state index contributed by atoms with van der Waals surface area (Å²) in [5.41, 5.74) is 7.48. The van der Waals surface area contributed by atoms with Crippen LogP contribution in [0.1, 0.15) is 57.4 Å². The molecule has 1 aliphatic carbocycles. The molecule has 0 aromatic heterocycles. The molecular formula is C19H32N2. The minimum absolute atomic E-state index is 0.471. The lowest BCUT2D eigenvalue weighted by Gasteiger charge is -2.33. The number of hydrogen-bond donors (Lipinski definition) is 1. The minimum atomic E-state index is 0.471. The zero-order valence-electron chi connectivity index (χ0n) is 13.8. The fourth-order valence-corrected chi connectivity index (χ4v) is 3.44. The molecule has 1 saturated carbocycles. The van der Waals surface area contributed by atoms with E-state index >= 15 is 0 Å². The Balaban J connectivity index is 2.01. The van der Waals surface area contributed by atoms with E-state index in [0.29, 0.717) is 5.92 Å². The molecule has 2 nitrogen and oxygen atoms in total. The molecule has 1 unspecified atom stereocenters. The van der Waals surface area contributed by atoms with Crippen molar-refractivity contribution in [2.75, 3.05) is 19.6 Å². The fraction of sp³-hybridized carbons (Fsp3) is 0.684. The summed E-state index contributed by atoms with van der Waals surface area (Å²) >= 11 is 0. The summed E-state index contributed by atoms with van der Waals surface area (Å²) in [6.45, 7) is 7.74. The van der Waals surface area contributed by atoms with Gasteiger partial charge >= 0.3 is 0 Å². The van der Waals surface area contributed by atoms with Crippen molar-refractivity contribution in [1.29, 1.82) is 0 Å². The Kier molecular flexibility index (Phi) is 6.72. The first-order valence-corrected chi connectivity index (χ1v) is 8.69. The maximum atomic E-state index is 6.08. The van der Waals surface area contributed by atoms with Crippen molar-refractivity contribution in [3.05, 3.63) is 35.9 Å². The highest BCUT2D eigenvalue weighted by Gasteiger charge is 2.25. The van der Waals surface area contributed by atoms with E-state index in [4.69, 9.17) is 5.73 Å². The molecule has 1 atom stereocenters. The van der Waals surface area contributed by atoms with E-state index in [2.05, 4.69) is 49.1 Å². The first-order chi connectivity index (χ1) is 10.2. The molecule has 1 aromatic carbocycles. The normalized spacial score (nSPS) is 17.8. The molecular weight excluding hydrogens is 256 g/mol. The largest absolute Gasteiger partial charge is 0.330 e. The van der Waals surface area contributed by atoms with Crippen LogP contribution in [0.3, 0.4) is 0 Å². The highest BCUT2D eigenvalue weighted by Crippen LogP contribution is 2.27. The van der Waals surface area contributed by atoms with Gasteiger partial charge in [-0.3, -0.25) is 4.90 Å². The second kappa shape index (κ2) is 8.55. The maximum absolute atomic E-state index is 6.08. The van der Waals surface area contributed by atoms with Gasteiger partial charge in [0.25, 0.3) is 0 Å². The molecule has 0 radical (unpaired) electrons. The van der Waals surface area contributed by atoms with Crippen molar-refractivity contribution in [2.45, 2.75) is 57.9 Å². The van der Waals surface area contributed by atoms with Gasteiger partial charge in [0.15, 0.2) is 0 Å². The predicted molar refractivity (Wildman–Crippen MR) is 91.5 cm³/mol. The predicted octanol–water partition coefficient (Wildman–Crippen LogP) is 4.02. The van der Waals surface area contributed by atoms with Crippen molar-refractivity contribution < 1.29 is 0 Å². The van der Waals surface area contributed by atoms with Gasteiger partial charge in [0.05, 0.1) is 0 Å². The summed E-state index contributed by atoms with van der Waals surface area (Å²) in [4.78, 5) is 2.73. The third-order valence-corrected chi connectivity index (χ3v) is 4.85. The lowest BCUT2D eigenvalue weighted by atomic mass is 9.97. The lowest BCUT2D eigenvalue weighted by molar-refractivity contribution is 0.177. The molecule has 0 amide bonds.